The number of hydrogen-bond acceptors (Lipinski definition) is 8. The standard InChI is InChI=1S/C7H8N4O4/c1-14-6(12)3-4(8)9-5(11-10-3)7(13)15-2/h1-2H3,(H2,8,9,11). The fourth-order valence-electron chi connectivity index (χ4n) is 0.758. The maximum atomic E-state index is 11.0. The maximum absolute atomic E-state index is 11.0. The van der Waals surface area contributed by atoms with Crippen LogP contribution < -0.4 is 5.73 Å². The maximum Gasteiger partial charge on any atom is 0.378 e. The number of hydrogen-bond donors (Lipinski definition) is 1. The lowest BCUT2D eigenvalue weighted by Gasteiger charge is -2.01. The highest BCUT2D eigenvalue weighted by Crippen LogP contribution is 2.05. The molecule has 0 bridgehead atoms. The first-order valence-corrected chi connectivity index (χ1v) is 3.77. The monoisotopic (exact) mass is 212 g/mol. The SMILES string of the molecule is COC(=O)c1nnc(C(=O)OC)c(N)n1. The molecule has 0 fully saturated rings. The molecule has 0 amide bonds. The number of esters is 2. The lowest BCUT2D eigenvalue weighted by atomic mass is 10.4. The molecule has 0 aliphatic rings. The molecule has 8 heteroatoms. The molecule has 1 heterocycles. The fourth-order valence-corrected chi connectivity index (χ4v) is 0.758. The van der Waals surface area contributed by atoms with E-state index in [4.69, 9.17) is 5.73 Å². The van der Waals surface area contributed by atoms with Crippen LogP contribution in [0.4, 0.5) is 5.82 Å². The molecular weight excluding hydrogens is 204 g/mol. The van der Waals surface area contributed by atoms with E-state index in [1.807, 2.05) is 0 Å². The van der Waals surface area contributed by atoms with Crippen LogP contribution in [0.5, 0.6) is 0 Å². The summed E-state index contributed by atoms with van der Waals surface area (Å²) in [5.74, 6) is -2.12. The summed E-state index contributed by atoms with van der Waals surface area (Å²) in [5.41, 5.74) is 5.12. The molecule has 0 saturated carbocycles. The van der Waals surface area contributed by atoms with Crippen molar-refractivity contribution in [2.75, 3.05) is 20.0 Å². The second kappa shape index (κ2) is 4.31. The van der Waals surface area contributed by atoms with Crippen LogP contribution in [-0.4, -0.2) is 41.3 Å². The van der Waals surface area contributed by atoms with Gasteiger partial charge in [-0.3, -0.25) is 0 Å². The van der Waals surface area contributed by atoms with Crippen LogP contribution in [-0.2, 0) is 9.47 Å². The lowest BCUT2D eigenvalue weighted by molar-refractivity contribution is 0.0568. The number of rotatable bonds is 2. The largest absolute Gasteiger partial charge is 0.464 e. The number of carbonyl (C=O) groups is 2. The summed E-state index contributed by atoms with van der Waals surface area (Å²) < 4.78 is 8.71. The average molecular weight is 212 g/mol. The Morgan fingerprint density at radius 3 is 2.20 bits per heavy atom. The summed E-state index contributed by atoms with van der Waals surface area (Å²) in [6.07, 6.45) is 0. The molecule has 0 aromatic carbocycles. The molecule has 0 saturated heterocycles. The molecule has 1 rings (SSSR count). The number of nitrogen functional groups attached to an aromatic ring is 1. The van der Waals surface area contributed by atoms with Crippen molar-refractivity contribution in [3.63, 3.8) is 0 Å². The van der Waals surface area contributed by atoms with Gasteiger partial charge in [0.25, 0.3) is 5.82 Å². The topological polar surface area (TPSA) is 117 Å². The highest BCUT2D eigenvalue weighted by molar-refractivity contribution is 5.92. The summed E-state index contributed by atoms with van der Waals surface area (Å²) in [4.78, 5) is 25.5. The quantitative estimate of drug-likeness (QED) is 0.622. The summed E-state index contributed by atoms with van der Waals surface area (Å²) in [6, 6.07) is 0. The van der Waals surface area contributed by atoms with Gasteiger partial charge in [-0.25, -0.2) is 14.6 Å². The fraction of sp³-hybridized carbons (Fsp3) is 0.286. The Balaban J connectivity index is 3.08. The summed E-state index contributed by atoms with van der Waals surface area (Å²) >= 11 is 0. The Labute approximate surface area is 84.4 Å². The Morgan fingerprint density at radius 1 is 1.13 bits per heavy atom. The third-order valence-electron chi connectivity index (χ3n) is 1.46. The summed E-state index contributed by atoms with van der Waals surface area (Å²) in [7, 11) is 2.33. The van der Waals surface area contributed by atoms with Gasteiger partial charge in [-0.2, -0.15) is 0 Å². The van der Waals surface area contributed by atoms with Crippen LogP contribution in [0.1, 0.15) is 21.1 Å². The molecule has 0 spiro atoms. The Hall–Kier alpha value is -2.25. The molecule has 0 aliphatic carbocycles. The Morgan fingerprint density at radius 2 is 1.73 bits per heavy atom. The van der Waals surface area contributed by atoms with Gasteiger partial charge in [0.05, 0.1) is 14.2 Å². The van der Waals surface area contributed by atoms with Crippen molar-refractivity contribution in [3.05, 3.63) is 11.5 Å². The smallest absolute Gasteiger partial charge is 0.378 e. The third kappa shape index (κ3) is 2.16. The second-order valence-electron chi connectivity index (χ2n) is 2.35. The van der Waals surface area contributed by atoms with Gasteiger partial charge in [0.2, 0.25) is 5.69 Å². The van der Waals surface area contributed by atoms with E-state index in [1.165, 1.54) is 0 Å². The number of methoxy groups -OCH3 is 2. The minimum absolute atomic E-state index is 0.239. The molecule has 0 unspecified atom stereocenters. The van der Waals surface area contributed by atoms with Crippen LogP contribution in [0.15, 0.2) is 0 Å². The van der Waals surface area contributed by atoms with Gasteiger partial charge in [-0.05, 0) is 0 Å². The normalized spacial score (nSPS) is 9.47. The zero-order chi connectivity index (χ0) is 11.4. The van der Waals surface area contributed by atoms with Crippen LogP contribution in [0.3, 0.4) is 0 Å². The number of nitrogens with zero attached hydrogens (tertiary/aromatic N) is 3. The first kappa shape index (κ1) is 10.8. The van der Waals surface area contributed by atoms with E-state index < -0.39 is 11.9 Å². The van der Waals surface area contributed by atoms with E-state index in [1.54, 1.807) is 0 Å². The predicted octanol–water partition coefficient (Wildman–Crippen LogP) is -0.973. The first-order valence-electron chi connectivity index (χ1n) is 3.77. The zero-order valence-corrected chi connectivity index (χ0v) is 8.05. The highest BCUT2D eigenvalue weighted by Gasteiger charge is 2.18. The molecule has 15 heavy (non-hydrogen) atoms. The van der Waals surface area contributed by atoms with Crippen molar-refractivity contribution in [3.8, 4) is 0 Å². The third-order valence-corrected chi connectivity index (χ3v) is 1.46. The van der Waals surface area contributed by atoms with Gasteiger partial charge < -0.3 is 15.2 Å². The molecule has 1 aromatic rings. The van der Waals surface area contributed by atoms with Gasteiger partial charge >= 0.3 is 11.9 Å². The first-order chi connectivity index (χ1) is 7.10. The molecule has 0 aliphatic heterocycles. The van der Waals surface area contributed by atoms with Crippen LogP contribution in [0.2, 0.25) is 0 Å². The Kier molecular flexibility index (Phi) is 3.11. The molecule has 0 radical (unpaired) electrons. The number of nitrogens with two attached hydrogens (primary N) is 1. The molecular formula is C7H8N4O4. The van der Waals surface area contributed by atoms with Gasteiger partial charge in [-0.15, -0.1) is 10.2 Å². The average Bonchev–Trinajstić information content (AvgIpc) is 2.26. The van der Waals surface area contributed by atoms with Gasteiger partial charge in [-0.1, -0.05) is 0 Å². The van der Waals surface area contributed by atoms with Crippen molar-refractivity contribution in [2.24, 2.45) is 0 Å². The van der Waals surface area contributed by atoms with Crippen molar-refractivity contribution >= 4 is 17.8 Å². The molecule has 80 valence electrons. The molecule has 0 atom stereocenters. The molecule has 1 aromatic heterocycles. The van der Waals surface area contributed by atoms with Crippen molar-refractivity contribution in [2.45, 2.75) is 0 Å². The van der Waals surface area contributed by atoms with E-state index in [2.05, 4.69) is 24.7 Å². The van der Waals surface area contributed by atoms with Crippen LogP contribution in [0.25, 0.3) is 0 Å². The van der Waals surface area contributed by atoms with E-state index in [0.29, 0.717) is 0 Å². The molecule has 2 N–H and O–H groups in total. The summed E-state index contributed by atoms with van der Waals surface area (Å²) in [5, 5.41) is 6.77. The van der Waals surface area contributed by atoms with E-state index in [-0.39, 0.29) is 17.3 Å². The summed E-state index contributed by atoms with van der Waals surface area (Å²) in [6.45, 7) is 0. The van der Waals surface area contributed by atoms with E-state index in [9.17, 15) is 9.59 Å². The van der Waals surface area contributed by atoms with Crippen LogP contribution >= 0.6 is 0 Å². The molecule has 8 nitrogen and oxygen atoms in total. The number of aromatic nitrogens is 3. The Bertz CT molecular complexity index is 406. The minimum atomic E-state index is -0.786. The highest BCUT2D eigenvalue weighted by atomic mass is 16.5. The number of ether oxygens (including phenoxy) is 2. The van der Waals surface area contributed by atoms with Crippen molar-refractivity contribution in [1.29, 1.82) is 0 Å². The van der Waals surface area contributed by atoms with Crippen molar-refractivity contribution in [1.82, 2.24) is 15.2 Å². The lowest BCUT2D eigenvalue weighted by Crippen LogP contribution is -2.16. The number of anilines is 1. The second-order valence-corrected chi connectivity index (χ2v) is 2.35. The number of carbonyl (C=O) groups excluding carboxylic acids is 2. The van der Waals surface area contributed by atoms with Gasteiger partial charge in [0.15, 0.2) is 5.82 Å². The van der Waals surface area contributed by atoms with Gasteiger partial charge in [0.1, 0.15) is 0 Å². The minimum Gasteiger partial charge on any atom is -0.464 e. The van der Waals surface area contributed by atoms with E-state index in [0.717, 1.165) is 14.2 Å². The van der Waals surface area contributed by atoms with Gasteiger partial charge in [0, 0.05) is 0 Å². The van der Waals surface area contributed by atoms with Crippen LogP contribution in [0, 0.1) is 0 Å². The van der Waals surface area contributed by atoms with Crippen molar-refractivity contribution < 1.29 is 19.1 Å². The zero-order valence-electron chi connectivity index (χ0n) is 8.05. The predicted molar refractivity (Wildman–Crippen MR) is 46.9 cm³/mol. The van der Waals surface area contributed by atoms with E-state index >= 15 is 0 Å².